The number of carbonyl (C=O) groups excluding carboxylic acids is 1. The summed E-state index contributed by atoms with van der Waals surface area (Å²) >= 11 is 0. The van der Waals surface area contributed by atoms with Crippen LogP contribution < -0.4 is 10.6 Å². The van der Waals surface area contributed by atoms with E-state index in [0.29, 0.717) is 11.6 Å². The fraction of sp³-hybridized carbons (Fsp3) is 0.0833. The van der Waals surface area contributed by atoms with Gasteiger partial charge in [0.2, 0.25) is 5.88 Å². The van der Waals surface area contributed by atoms with Crippen LogP contribution in [0.25, 0.3) is 0 Å². The number of aryl methyl sites for hydroxylation is 1. The van der Waals surface area contributed by atoms with Gasteiger partial charge in [-0.05, 0) is 30.7 Å². The Hall–Kier alpha value is -2.43. The summed E-state index contributed by atoms with van der Waals surface area (Å²) < 4.78 is 4.96. The number of amides is 2. The van der Waals surface area contributed by atoms with Crippen molar-refractivity contribution in [2.45, 2.75) is 6.92 Å². The van der Waals surface area contributed by atoms with Gasteiger partial charge < -0.3 is 14.8 Å². The number of carbonyl (C=O) groups is 1. The molecule has 0 aliphatic carbocycles. The van der Waals surface area contributed by atoms with Crippen LogP contribution in [-0.4, -0.2) is 11.1 Å². The van der Waals surface area contributed by atoms with Crippen molar-refractivity contribution in [1.82, 2.24) is 0 Å². The number of rotatable bonds is 2. The van der Waals surface area contributed by atoms with E-state index in [1.165, 1.54) is 6.26 Å². The largest absolute Gasteiger partial charge is 0.506 e. The third kappa shape index (κ3) is 2.78. The SMILES string of the molecule is Cc1ccc(NC(=O)Nc2ccco2)c(O)c1. The first-order valence-electron chi connectivity index (χ1n) is 5.06. The predicted octanol–water partition coefficient (Wildman–Crippen LogP) is 2.94. The van der Waals surface area contributed by atoms with Gasteiger partial charge in [0.05, 0.1) is 12.0 Å². The number of phenolic OH excluding ortho intramolecular Hbond substituents is 1. The second-order valence-corrected chi connectivity index (χ2v) is 3.58. The van der Waals surface area contributed by atoms with E-state index < -0.39 is 6.03 Å². The molecule has 0 atom stereocenters. The molecule has 5 nitrogen and oxygen atoms in total. The van der Waals surface area contributed by atoms with E-state index >= 15 is 0 Å². The second kappa shape index (κ2) is 4.61. The topological polar surface area (TPSA) is 74.5 Å². The molecule has 2 rings (SSSR count). The predicted molar refractivity (Wildman–Crippen MR) is 64.2 cm³/mol. The van der Waals surface area contributed by atoms with Crippen LogP contribution in [0, 0.1) is 6.92 Å². The molecule has 0 spiro atoms. The van der Waals surface area contributed by atoms with Crippen LogP contribution in [0.15, 0.2) is 41.0 Å². The summed E-state index contributed by atoms with van der Waals surface area (Å²) in [6.07, 6.45) is 1.46. The molecule has 1 heterocycles. The van der Waals surface area contributed by atoms with Gasteiger partial charge in [-0.3, -0.25) is 5.32 Å². The Labute approximate surface area is 98.1 Å². The summed E-state index contributed by atoms with van der Waals surface area (Å²) in [5.41, 5.74) is 1.26. The van der Waals surface area contributed by atoms with E-state index in [-0.39, 0.29) is 5.75 Å². The normalized spacial score (nSPS) is 9.94. The molecule has 88 valence electrons. The molecule has 0 radical (unpaired) electrons. The van der Waals surface area contributed by atoms with Crippen molar-refractivity contribution in [1.29, 1.82) is 0 Å². The van der Waals surface area contributed by atoms with Crippen LogP contribution in [0.4, 0.5) is 16.4 Å². The molecule has 0 saturated heterocycles. The molecular weight excluding hydrogens is 220 g/mol. The van der Waals surface area contributed by atoms with E-state index in [0.717, 1.165) is 5.56 Å². The lowest BCUT2D eigenvalue weighted by molar-refractivity contribution is 0.261. The number of furan rings is 1. The minimum Gasteiger partial charge on any atom is -0.506 e. The number of urea groups is 1. The van der Waals surface area contributed by atoms with Gasteiger partial charge in [-0.2, -0.15) is 0 Å². The first-order chi connectivity index (χ1) is 8.15. The fourth-order valence-electron chi connectivity index (χ4n) is 1.36. The number of benzene rings is 1. The summed E-state index contributed by atoms with van der Waals surface area (Å²) in [4.78, 5) is 11.5. The van der Waals surface area contributed by atoms with Gasteiger partial charge in [-0.15, -0.1) is 0 Å². The van der Waals surface area contributed by atoms with Crippen molar-refractivity contribution in [3.05, 3.63) is 42.2 Å². The molecule has 1 aromatic heterocycles. The molecule has 2 aromatic rings. The Morgan fingerprint density at radius 2 is 2.12 bits per heavy atom. The number of hydrogen-bond acceptors (Lipinski definition) is 3. The lowest BCUT2D eigenvalue weighted by Crippen LogP contribution is -2.19. The quantitative estimate of drug-likeness (QED) is 0.697. The fourth-order valence-corrected chi connectivity index (χ4v) is 1.36. The highest BCUT2D eigenvalue weighted by molar-refractivity contribution is 5.99. The summed E-state index contributed by atoms with van der Waals surface area (Å²) in [6.45, 7) is 1.85. The zero-order valence-corrected chi connectivity index (χ0v) is 9.23. The number of anilines is 2. The number of nitrogens with one attached hydrogen (secondary N) is 2. The third-order valence-electron chi connectivity index (χ3n) is 2.16. The van der Waals surface area contributed by atoms with E-state index in [9.17, 15) is 9.90 Å². The van der Waals surface area contributed by atoms with Gasteiger partial charge in [-0.25, -0.2) is 4.79 Å². The standard InChI is InChI=1S/C12H12N2O3/c1-8-4-5-9(10(15)7-8)13-12(16)14-11-3-2-6-17-11/h2-7,15H,1H3,(H2,13,14,16). The molecule has 5 heteroatoms. The zero-order chi connectivity index (χ0) is 12.3. The molecule has 17 heavy (non-hydrogen) atoms. The van der Waals surface area contributed by atoms with Crippen LogP contribution >= 0.6 is 0 Å². The maximum absolute atomic E-state index is 11.5. The van der Waals surface area contributed by atoms with Crippen molar-refractivity contribution >= 4 is 17.6 Å². The molecule has 1 aromatic carbocycles. The van der Waals surface area contributed by atoms with Crippen LogP contribution in [0.1, 0.15) is 5.56 Å². The summed E-state index contributed by atoms with van der Waals surface area (Å²) in [6, 6.07) is 7.81. The molecule has 3 N–H and O–H groups in total. The molecule has 0 saturated carbocycles. The van der Waals surface area contributed by atoms with E-state index in [2.05, 4.69) is 10.6 Å². The van der Waals surface area contributed by atoms with Gasteiger partial charge in [0.25, 0.3) is 0 Å². The highest BCUT2D eigenvalue weighted by Gasteiger charge is 2.07. The van der Waals surface area contributed by atoms with E-state index in [1.54, 1.807) is 30.3 Å². The average molecular weight is 232 g/mol. The van der Waals surface area contributed by atoms with Crippen LogP contribution in [0.5, 0.6) is 5.75 Å². The molecule has 0 unspecified atom stereocenters. The van der Waals surface area contributed by atoms with Crippen molar-refractivity contribution in [2.24, 2.45) is 0 Å². The lowest BCUT2D eigenvalue weighted by Gasteiger charge is -2.07. The summed E-state index contributed by atoms with van der Waals surface area (Å²) in [5.74, 6) is 0.369. The monoisotopic (exact) mass is 232 g/mol. The van der Waals surface area contributed by atoms with Gasteiger partial charge in [0.1, 0.15) is 5.75 Å². The van der Waals surface area contributed by atoms with Crippen LogP contribution in [-0.2, 0) is 0 Å². The highest BCUT2D eigenvalue weighted by atomic mass is 16.3. The minimum absolute atomic E-state index is 0.0274. The van der Waals surface area contributed by atoms with Crippen LogP contribution in [0.3, 0.4) is 0 Å². The average Bonchev–Trinajstić information content (AvgIpc) is 2.75. The molecule has 0 aliphatic rings. The second-order valence-electron chi connectivity index (χ2n) is 3.58. The Morgan fingerprint density at radius 1 is 1.29 bits per heavy atom. The van der Waals surface area contributed by atoms with Crippen molar-refractivity contribution in [3.63, 3.8) is 0 Å². The van der Waals surface area contributed by atoms with Gasteiger partial charge in [-0.1, -0.05) is 6.07 Å². The first kappa shape index (κ1) is 11.1. The maximum atomic E-state index is 11.5. The van der Waals surface area contributed by atoms with Crippen molar-refractivity contribution in [2.75, 3.05) is 10.6 Å². The van der Waals surface area contributed by atoms with Gasteiger partial charge >= 0.3 is 6.03 Å². The molecule has 2 amide bonds. The van der Waals surface area contributed by atoms with Crippen molar-refractivity contribution in [3.8, 4) is 5.75 Å². The lowest BCUT2D eigenvalue weighted by atomic mass is 10.2. The Morgan fingerprint density at radius 3 is 2.76 bits per heavy atom. The molecule has 0 bridgehead atoms. The number of aromatic hydroxyl groups is 1. The highest BCUT2D eigenvalue weighted by Crippen LogP contribution is 2.23. The molecular formula is C12H12N2O3. The first-order valence-corrected chi connectivity index (χ1v) is 5.06. The Balaban J connectivity index is 2.03. The number of hydrogen-bond donors (Lipinski definition) is 3. The van der Waals surface area contributed by atoms with Crippen molar-refractivity contribution < 1.29 is 14.3 Å². The Bertz CT molecular complexity index is 521. The number of phenols is 1. The van der Waals surface area contributed by atoms with E-state index in [4.69, 9.17) is 4.42 Å². The smallest absolute Gasteiger partial charge is 0.326 e. The Kier molecular flexibility index (Phi) is 3.00. The van der Waals surface area contributed by atoms with Crippen LogP contribution in [0.2, 0.25) is 0 Å². The minimum atomic E-state index is -0.473. The van der Waals surface area contributed by atoms with Gasteiger partial charge in [0.15, 0.2) is 0 Å². The summed E-state index contributed by atoms with van der Waals surface area (Å²) in [5, 5.41) is 14.6. The molecule has 0 aliphatic heterocycles. The summed E-state index contributed by atoms with van der Waals surface area (Å²) in [7, 11) is 0. The maximum Gasteiger partial charge on any atom is 0.326 e. The third-order valence-corrected chi connectivity index (χ3v) is 2.16. The van der Waals surface area contributed by atoms with Gasteiger partial charge in [0, 0.05) is 6.07 Å². The molecule has 0 fully saturated rings. The van der Waals surface area contributed by atoms with E-state index in [1.807, 2.05) is 6.92 Å². The zero-order valence-electron chi connectivity index (χ0n) is 9.23.